The van der Waals surface area contributed by atoms with Gasteiger partial charge in [0.1, 0.15) is 5.83 Å². The van der Waals surface area contributed by atoms with Crippen molar-refractivity contribution < 1.29 is 27.2 Å². The summed E-state index contributed by atoms with van der Waals surface area (Å²) in [5, 5.41) is 0.636. The van der Waals surface area contributed by atoms with Crippen LogP contribution in [0.2, 0.25) is 10.0 Å². The standard InChI is InChI=1S/C31H34Cl2FN3O5S/c1-4-21(34)15-13-19(2)18-42-35-30(38)28-22-9-5-6-10-23(22)31(39)37(29(28)24-16-14-20(32)17-25(24)33)27-12-8-7-11-26(27)36-43(3,40)41/h4-6,9-10,13-17,26-29,36H,1,7-8,11-12,18H2,2-3H3,(H,35,38)/b19-13+,21-15+/t26-,27-,28+,29-/m0/s1. The third-order valence-electron chi connectivity index (χ3n) is 7.59. The number of amides is 2. The van der Waals surface area contributed by atoms with Gasteiger partial charge in [-0.2, -0.15) is 0 Å². The van der Waals surface area contributed by atoms with E-state index in [4.69, 9.17) is 28.0 Å². The number of halogens is 3. The lowest BCUT2D eigenvalue weighted by Crippen LogP contribution is -2.59. The van der Waals surface area contributed by atoms with E-state index in [0.29, 0.717) is 40.1 Å². The smallest absolute Gasteiger partial charge is 0.255 e. The van der Waals surface area contributed by atoms with E-state index in [1.807, 2.05) is 0 Å². The highest BCUT2D eigenvalue weighted by Crippen LogP contribution is 2.47. The summed E-state index contributed by atoms with van der Waals surface area (Å²) in [5.74, 6) is -2.36. The van der Waals surface area contributed by atoms with E-state index in [9.17, 15) is 22.4 Å². The summed E-state index contributed by atoms with van der Waals surface area (Å²) in [6, 6.07) is 9.64. The van der Waals surface area contributed by atoms with Crippen LogP contribution in [0.4, 0.5) is 4.39 Å². The van der Waals surface area contributed by atoms with Gasteiger partial charge in [0, 0.05) is 27.7 Å². The Morgan fingerprint density at radius 1 is 1.14 bits per heavy atom. The zero-order valence-electron chi connectivity index (χ0n) is 23.9. The molecule has 4 atom stereocenters. The van der Waals surface area contributed by atoms with Crippen LogP contribution in [-0.2, 0) is 19.7 Å². The maximum atomic E-state index is 14.3. The zero-order valence-corrected chi connectivity index (χ0v) is 26.2. The van der Waals surface area contributed by atoms with Gasteiger partial charge in [-0.15, -0.1) is 0 Å². The number of sulfonamides is 1. The van der Waals surface area contributed by atoms with Gasteiger partial charge in [-0.1, -0.05) is 73.0 Å². The summed E-state index contributed by atoms with van der Waals surface area (Å²) >= 11 is 12.9. The number of hydroxylamine groups is 1. The maximum Gasteiger partial charge on any atom is 0.255 e. The summed E-state index contributed by atoms with van der Waals surface area (Å²) in [7, 11) is -3.60. The van der Waals surface area contributed by atoms with Crippen molar-refractivity contribution in [3.8, 4) is 0 Å². The molecule has 1 aliphatic heterocycles. The molecule has 4 rings (SSSR count). The Bertz CT molecular complexity index is 1560. The molecule has 8 nitrogen and oxygen atoms in total. The molecule has 0 radical (unpaired) electrons. The van der Waals surface area contributed by atoms with Crippen LogP contribution in [0.1, 0.15) is 66.1 Å². The van der Waals surface area contributed by atoms with Gasteiger partial charge in [0.2, 0.25) is 10.0 Å². The highest BCUT2D eigenvalue weighted by Gasteiger charge is 2.49. The Balaban J connectivity index is 1.79. The lowest BCUT2D eigenvalue weighted by atomic mass is 9.76. The third-order valence-corrected chi connectivity index (χ3v) is 8.88. The van der Waals surface area contributed by atoms with Gasteiger partial charge in [-0.25, -0.2) is 23.0 Å². The van der Waals surface area contributed by atoms with Crippen molar-refractivity contribution in [2.45, 2.75) is 56.7 Å². The van der Waals surface area contributed by atoms with Crippen LogP contribution in [-0.4, -0.2) is 50.1 Å². The molecule has 2 aromatic carbocycles. The Morgan fingerprint density at radius 3 is 2.56 bits per heavy atom. The average Bonchev–Trinajstić information content (AvgIpc) is 2.95. The van der Waals surface area contributed by atoms with Crippen LogP contribution < -0.4 is 10.2 Å². The first-order valence-corrected chi connectivity index (χ1v) is 16.5. The Kier molecular flexibility index (Phi) is 10.8. The Labute approximate surface area is 261 Å². The zero-order chi connectivity index (χ0) is 31.3. The summed E-state index contributed by atoms with van der Waals surface area (Å²) in [6.45, 7) is 5.05. The van der Waals surface area contributed by atoms with Gasteiger partial charge in [-0.05, 0) is 66.8 Å². The van der Waals surface area contributed by atoms with Gasteiger partial charge in [0.25, 0.3) is 11.8 Å². The molecule has 0 saturated heterocycles. The average molecular weight is 651 g/mol. The molecule has 1 aliphatic carbocycles. The van der Waals surface area contributed by atoms with Crippen molar-refractivity contribution in [2.24, 2.45) is 0 Å². The lowest BCUT2D eigenvalue weighted by Gasteiger charge is -2.49. The number of fused-ring (bicyclic) bond motifs is 1. The number of carbonyl (C=O) groups excluding carboxylic acids is 2. The van der Waals surface area contributed by atoms with Crippen molar-refractivity contribution in [3.05, 3.63) is 105 Å². The second kappa shape index (κ2) is 14.2. The molecule has 43 heavy (non-hydrogen) atoms. The molecule has 1 fully saturated rings. The first-order valence-electron chi connectivity index (χ1n) is 13.8. The molecule has 2 aromatic rings. The van der Waals surface area contributed by atoms with Crippen LogP contribution in [0.5, 0.6) is 0 Å². The Morgan fingerprint density at radius 2 is 1.86 bits per heavy atom. The second-order valence-electron chi connectivity index (χ2n) is 10.8. The van der Waals surface area contributed by atoms with Gasteiger partial charge in [-0.3, -0.25) is 14.4 Å². The summed E-state index contributed by atoms with van der Waals surface area (Å²) in [6.07, 6.45) is 7.50. The van der Waals surface area contributed by atoms with Gasteiger partial charge in [0.15, 0.2) is 0 Å². The number of carbonyl (C=O) groups is 2. The minimum Gasteiger partial charge on any atom is -0.326 e. The largest absolute Gasteiger partial charge is 0.326 e. The topological polar surface area (TPSA) is 105 Å². The number of hydrogen-bond acceptors (Lipinski definition) is 5. The monoisotopic (exact) mass is 649 g/mol. The van der Waals surface area contributed by atoms with Gasteiger partial charge < -0.3 is 4.90 Å². The van der Waals surface area contributed by atoms with E-state index in [1.54, 1.807) is 54.3 Å². The van der Waals surface area contributed by atoms with Crippen molar-refractivity contribution >= 4 is 45.0 Å². The van der Waals surface area contributed by atoms with E-state index in [1.165, 1.54) is 12.2 Å². The highest BCUT2D eigenvalue weighted by atomic mass is 35.5. The predicted molar refractivity (Wildman–Crippen MR) is 166 cm³/mol. The number of rotatable bonds is 10. The van der Waals surface area contributed by atoms with Gasteiger partial charge in [0.05, 0.1) is 24.8 Å². The lowest BCUT2D eigenvalue weighted by molar-refractivity contribution is -0.136. The molecular weight excluding hydrogens is 616 g/mol. The molecule has 230 valence electrons. The van der Waals surface area contributed by atoms with E-state index in [2.05, 4.69) is 16.8 Å². The molecule has 12 heteroatoms. The van der Waals surface area contributed by atoms with Crippen LogP contribution in [0.25, 0.3) is 0 Å². The molecule has 2 amide bonds. The second-order valence-corrected chi connectivity index (χ2v) is 13.4. The fourth-order valence-corrected chi connectivity index (χ4v) is 7.10. The number of hydrogen-bond donors (Lipinski definition) is 2. The molecule has 1 saturated carbocycles. The number of allylic oxidation sites excluding steroid dienone is 4. The predicted octanol–water partition coefficient (Wildman–Crippen LogP) is 6.17. The fraction of sp³-hybridized carbons (Fsp3) is 0.355. The normalized spacial score (nSPS) is 23.1. The SMILES string of the molecule is C=C/C(F)=C\C=C(/C)CONC(=O)[C@@H]1c2ccccc2C(=O)N([C@H]2CCCC[C@@H]2NS(C)(=O)=O)[C@H]1c1ccc(Cl)cc1Cl. The summed E-state index contributed by atoms with van der Waals surface area (Å²) in [4.78, 5) is 35.4. The summed E-state index contributed by atoms with van der Waals surface area (Å²) in [5.41, 5.74) is 4.43. The number of nitrogens with one attached hydrogen (secondary N) is 2. The van der Waals surface area contributed by atoms with E-state index < -0.39 is 45.8 Å². The summed E-state index contributed by atoms with van der Waals surface area (Å²) < 4.78 is 40.8. The number of benzene rings is 2. The fourth-order valence-electron chi connectivity index (χ4n) is 5.75. The molecule has 0 spiro atoms. The molecule has 2 N–H and O–H groups in total. The Hall–Kier alpha value is -3.02. The molecule has 2 aliphatic rings. The molecule has 0 unspecified atom stereocenters. The minimum absolute atomic E-state index is 0.0287. The molecule has 0 bridgehead atoms. The quantitative estimate of drug-likeness (QED) is 0.237. The third kappa shape index (κ3) is 7.93. The minimum atomic E-state index is -3.60. The molecule has 0 aromatic heterocycles. The van der Waals surface area contributed by atoms with Crippen LogP contribution in [0.3, 0.4) is 0 Å². The first-order chi connectivity index (χ1) is 20.4. The highest BCUT2D eigenvalue weighted by molar-refractivity contribution is 7.88. The van der Waals surface area contributed by atoms with Crippen LogP contribution in [0.15, 0.2) is 78.7 Å². The van der Waals surface area contributed by atoms with Crippen molar-refractivity contribution in [1.82, 2.24) is 15.1 Å². The van der Waals surface area contributed by atoms with Crippen molar-refractivity contribution in [2.75, 3.05) is 12.9 Å². The van der Waals surface area contributed by atoms with E-state index in [0.717, 1.165) is 25.2 Å². The van der Waals surface area contributed by atoms with Gasteiger partial charge >= 0.3 is 0 Å². The van der Waals surface area contributed by atoms with Crippen molar-refractivity contribution in [1.29, 1.82) is 0 Å². The molecule has 1 heterocycles. The van der Waals surface area contributed by atoms with Crippen LogP contribution >= 0.6 is 23.2 Å². The van der Waals surface area contributed by atoms with E-state index >= 15 is 0 Å². The molecular formula is C31H34Cl2FN3O5S. The number of nitrogens with zero attached hydrogens (tertiary/aromatic N) is 1. The van der Waals surface area contributed by atoms with E-state index in [-0.39, 0.29) is 17.5 Å². The maximum absolute atomic E-state index is 14.3. The first kappa shape index (κ1) is 32.9. The van der Waals surface area contributed by atoms with Crippen LogP contribution in [0, 0.1) is 0 Å². The van der Waals surface area contributed by atoms with Crippen molar-refractivity contribution in [3.63, 3.8) is 0 Å².